The summed E-state index contributed by atoms with van der Waals surface area (Å²) in [5.74, 6) is 1.79. The third-order valence-electron chi connectivity index (χ3n) is 2.14. The van der Waals surface area contributed by atoms with Gasteiger partial charge >= 0.3 is 0 Å². The van der Waals surface area contributed by atoms with Crippen molar-refractivity contribution in [2.75, 3.05) is 18.3 Å². The van der Waals surface area contributed by atoms with Crippen molar-refractivity contribution in [1.82, 2.24) is 0 Å². The molecule has 0 amide bonds. The summed E-state index contributed by atoms with van der Waals surface area (Å²) in [6.07, 6.45) is 0. The third-order valence-corrected chi connectivity index (χ3v) is 3.76. The maximum absolute atomic E-state index is 5.79. The molecule has 1 aromatic rings. The monoisotopic (exact) mass is 291 g/mol. The van der Waals surface area contributed by atoms with Crippen molar-refractivity contribution in [3.63, 3.8) is 0 Å². The zero-order valence-electron chi connectivity index (χ0n) is 8.84. The first kappa shape index (κ1) is 12.7. The standard InChI is InChI=1S/C11H15BrClNO/c1-8(7-13)11(12)14-9-5-3-4-6-10(9)15-2/h3-6,8,11,14H,7H2,1-2H3. The quantitative estimate of drug-likeness (QED) is 0.660. The summed E-state index contributed by atoms with van der Waals surface area (Å²) in [5, 5.41) is 3.32. The molecule has 0 spiro atoms. The molecule has 2 unspecified atom stereocenters. The van der Waals surface area contributed by atoms with Crippen LogP contribution in [0.2, 0.25) is 0 Å². The lowest BCUT2D eigenvalue weighted by molar-refractivity contribution is 0.416. The Bertz CT molecular complexity index is 308. The molecule has 0 saturated heterocycles. The van der Waals surface area contributed by atoms with Crippen molar-refractivity contribution in [3.05, 3.63) is 24.3 Å². The summed E-state index contributed by atoms with van der Waals surface area (Å²) < 4.78 is 5.24. The minimum atomic E-state index is 0.145. The van der Waals surface area contributed by atoms with Crippen LogP contribution < -0.4 is 10.1 Å². The highest BCUT2D eigenvalue weighted by Crippen LogP contribution is 2.26. The normalized spacial score (nSPS) is 14.4. The predicted molar refractivity (Wildman–Crippen MR) is 69.2 cm³/mol. The minimum Gasteiger partial charge on any atom is -0.495 e. The molecule has 0 aromatic heterocycles. The highest BCUT2D eigenvalue weighted by molar-refractivity contribution is 9.09. The molecule has 1 aromatic carbocycles. The average molecular weight is 293 g/mol. The molecule has 1 N–H and O–H groups in total. The summed E-state index contributed by atoms with van der Waals surface area (Å²) in [6, 6.07) is 7.82. The number of para-hydroxylation sites is 2. The van der Waals surface area contributed by atoms with Gasteiger partial charge in [-0.05, 0) is 18.1 Å². The molecule has 0 saturated carbocycles. The molecule has 84 valence electrons. The molecule has 4 heteroatoms. The van der Waals surface area contributed by atoms with E-state index < -0.39 is 0 Å². The van der Waals surface area contributed by atoms with Gasteiger partial charge in [0.05, 0.1) is 17.7 Å². The zero-order valence-corrected chi connectivity index (χ0v) is 11.2. The van der Waals surface area contributed by atoms with Crippen molar-refractivity contribution in [3.8, 4) is 5.75 Å². The van der Waals surface area contributed by atoms with E-state index in [9.17, 15) is 0 Å². The topological polar surface area (TPSA) is 21.3 Å². The second kappa shape index (κ2) is 6.23. The maximum Gasteiger partial charge on any atom is 0.141 e. The molecule has 1 rings (SSSR count). The van der Waals surface area contributed by atoms with Gasteiger partial charge in [0.25, 0.3) is 0 Å². The fourth-order valence-electron chi connectivity index (χ4n) is 1.13. The predicted octanol–water partition coefficient (Wildman–Crippen LogP) is 3.70. The van der Waals surface area contributed by atoms with Gasteiger partial charge in [0.15, 0.2) is 0 Å². The molecule has 0 heterocycles. The van der Waals surface area contributed by atoms with Crippen LogP contribution in [-0.4, -0.2) is 17.9 Å². The van der Waals surface area contributed by atoms with Crippen molar-refractivity contribution in [2.24, 2.45) is 5.92 Å². The molecule has 0 aliphatic carbocycles. The van der Waals surface area contributed by atoms with E-state index in [-0.39, 0.29) is 4.95 Å². The number of halogens is 2. The SMILES string of the molecule is COc1ccccc1NC(Br)C(C)CCl. The van der Waals surface area contributed by atoms with Crippen LogP contribution in [-0.2, 0) is 0 Å². The van der Waals surface area contributed by atoms with Crippen molar-refractivity contribution in [2.45, 2.75) is 11.9 Å². The first-order valence-electron chi connectivity index (χ1n) is 4.78. The van der Waals surface area contributed by atoms with Crippen LogP contribution in [0.25, 0.3) is 0 Å². The van der Waals surface area contributed by atoms with Gasteiger partial charge in [0.2, 0.25) is 0 Å². The van der Waals surface area contributed by atoms with Crippen LogP contribution in [0.4, 0.5) is 5.69 Å². The Kier molecular flexibility index (Phi) is 5.26. The Hall–Kier alpha value is -0.410. The number of methoxy groups -OCH3 is 1. The largest absolute Gasteiger partial charge is 0.495 e. The Labute approximate surface area is 104 Å². The van der Waals surface area contributed by atoms with Gasteiger partial charge in [0.1, 0.15) is 5.75 Å². The fraction of sp³-hybridized carbons (Fsp3) is 0.455. The summed E-state index contributed by atoms with van der Waals surface area (Å²) in [4.78, 5) is 0.145. The Morgan fingerprint density at radius 1 is 1.47 bits per heavy atom. The van der Waals surface area contributed by atoms with Gasteiger partial charge in [-0.3, -0.25) is 0 Å². The zero-order chi connectivity index (χ0) is 11.3. The molecule has 2 atom stereocenters. The van der Waals surface area contributed by atoms with E-state index >= 15 is 0 Å². The maximum atomic E-state index is 5.79. The lowest BCUT2D eigenvalue weighted by Crippen LogP contribution is -2.22. The molecule has 0 bridgehead atoms. The van der Waals surface area contributed by atoms with Crippen molar-refractivity contribution in [1.29, 1.82) is 0 Å². The van der Waals surface area contributed by atoms with Crippen LogP contribution in [0.15, 0.2) is 24.3 Å². The van der Waals surface area contributed by atoms with Gasteiger partial charge in [-0.1, -0.05) is 35.0 Å². The highest BCUT2D eigenvalue weighted by atomic mass is 79.9. The molecular weight excluding hydrogens is 277 g/mol. The van der Waals surface area contributed by atoms with Crippen molar-refractivity contribution < 1.29 is 4.74 Å². The number of rotatable bonds is 5. The molecule has 2 nitrogen and oxygen atoms in total. The summed E-state index contributed by atoms with van der Waals surface area (Å²) >= 11 is 9.34. The number of nitrogens with one attached hydrogen (secondary N) is 1. The number of benzene rings is 1. The summed E-state index contributed by atoms with van der Waals surface area (Å²) in [5.41, 5.74) is 0.971. The number of hydrogen-bond donors (Lipinski definition) is 1. The fourth-order valence-corrected chi connectivity index (χ4v) is 1.96. The summed E-state index contributed by atoms with van der Waals surface area (Å²) in [6.45, 7) is 2.08. The second-order valence-corrected chi connectivity index (χ2v) is 4.67. The van der Waals surface area contributed by atoms with Crippen LogP contribution in [0, 0.1) is 5.92 Å². The molecule has 0 aliphatic rings. The molecule has 0 radical (unpaired) electrons. The second-order valence-electron chi connectivity index (χ2n) is 3.38. The number of ether oxygens (including phenoxy) is 1. The highest BCUT2D eigenvalue weighted by Gasteiger charge is 2.13. The van der Waals surface area contributed by atoms with E-state index in [0.29, 0.717) is 11.8 Å². The first-order chi connectivity index (χ1) is 7.19. The van der Waals surface area contributed by atoms with Crippen molar-refractivity contribution >= 4 is 33.2 Å². The number of anilines is 1. The van der Waals surface area contributed by atoms with Gasteiger partial charge in [0, 0.05) is 5.88 Å². The molecule has 0 aliphatic heterocycles. The Morgan fingerprint density at radius 3 is 2.73 bits per heavy atom. The van der Waals surface area contributed by atoms with E-state index in [1.165, 1.54) is 0 Å². The summed E-state index contributed by atoms with van der Waals surface area (Å²) in [7, 11) is 1.66. The Morgan fingerprint density at radius 2 is 2.13 bits per heavy atom. The van der Waals surface area contributed by atoms with E-state index in [0.717, 1.165) is 11.4 Å². The first-order valence-corrected chi connectivity index (χ1v) is 6.23. The number of alkyl halides is 2. The molecule has 15 heavy (non-hydrogen) atoms. The molecule has 0 fully saturated rings. The lowest BCUT2D eigenvalue weighted by atomic mass is 10.2. The van der Waals surface area contributed by atoms with E-state index in [4.69, 9.17) is 16.3 Å². The Balaban J connectivity index is 2.71. The smallest absolute Gasteiger partial charge is 0.141 e. The van der Waals surface area contributed by atoms with Gasteiger partial charge < -0.3 is 10.1 Å². The van der Waals surface area contributed by atoms with Gasteiger partial charge in [-0.2, -0.15) is 0 Å². The van der Waals surface area contributed by atoms with Crippen LogP contribution >= 0.6 is 27.5 Å². The average Bonchev–Trinajstić information content (AvgIpc) is 2.28. The van der Waals surface area contributed by atoms with Gasteiger partial charge in [-0.15, -0.1) is 11.6 Å². The van der Waals surface area contributed by atoms with E-state index in [2.05, 4.69) is 28.2 Å². The van der Waals surface area contributed by atoms with Crippen LogP contribution in [0.1, 0.15) is 6.92 Å². The van der Waals surface area contributed by atoms with E-state index in [1.54, 1.807) is 7.11 Å². The van der Waals surface area contributed by atoms with Crippen LogP contribution in [0.3, 0.4) is 0 Å². The third kappa shape index (κ3) is 3.58. The minimum absolute atomic E-state index is 0.145. The molecular formula is C11H15BrClNO. The van der Waals surface area contributed by atoms with Gasteiger partial charge in [-0.25, -0.2) is 0 Å². The lowest BCUT2D eigenvalue weighted by Gasteiger charge is -2.20. The van der Waals surface area contributed by atoms with Crippen LogP contribution in [0.5, 0.6) is 5.75 Å². The number of hydrogen-bond acceptors (Lipinski definition) is 2. The van der Waals surface area contributed by atoms with E-state index in [1.807, 2.05) is 24.3 Å².